The van der Waals surface area contributed by atoms with Crippen LogP contribution in [0, 0.1) is 6.92 Å². The maximum absolute atomic E-state index is 12.2. The molecule has 1 rings (SSSR count). The van der Waals surface area contributed by atoms with Crippen LogP contribution in [0.15, 0.2) is 24.3 Å². The molecule has 0 saturated heterocycles. The van der Waals surface area contributed by atoms with Crippen molar-refractivity contribution in [3.63, 3.8) is 0 Å². The van der Waals surface area contributed by atoms with Crippen molar-refractivity contribution in [2.24, 2.45) is 0 Å². The summed E-state index contributed by atoms with van der Waals surface area (Å²) in [7, 11) is 0. The molecule has 0 bridgehead atoms. The molecule has 1 aromatic rings. The third-order valence-electron chi connectivity index (χ3n) is 2.67. The monoisotopic (exact) mass is 310 g/mol. The van der Waals surface area contributed by atoms with Crippen LogP contribution in [0.5, 0.6) is 5.75 Å². The molecule has 0 fully saturated rings. The molecule has 5 heteroatoms. The van der Waals surface area contributed by atoms with Crippen molar-refractivity contribution in [3.05, 3.63) is 40.4 Å². The van der Waals surface area contributed by atoms with Gasteiger partial charge in [-0.25, -0.2) is 4.79 Å². The number of esters is 1. The van der Waals surface area contributed by atoms with E-state index >= 15 is 0 Å². The van der Waals surface area contributed by atoms with Crippen LogP contribution in [0.2, 0.25) is 5.02 Å². The first-order valence-electron chi connectivity index (χ1n) is 6.65. The van der Waals surface area contributed by atoms with Gasteiger partial charge in [0.1, 0.15) is 11.3 Å². The van der Waals surface area contributed by atoms with Crippen LogP contribution in [0.4, 0.5) is 0 Å². The number of ether oxygens (including phenoxy) is 2. The van der Waals surface area contributed by atoms with Crippen LogP contribution in [-0.2, 0) is 9.53 Å². The van der Waals surface area contributed by atoms with Gasteiger partial charge in [-0.15, -0.1) is 0 Å². The molecule has 0 aromatic heterocycles. The van der Waals surface area contributed by atoms with Gasteiger partial charge >= 0.3 is 5.97 Å². The number of ketones is 1. The average Bonchev–Trinajstić information content (AvgIpc) is 2.40. The second kappa shape index (κ2) is 7.27. The third-order valence-corrected chi connectivity index (χ3v) is 2.98. The van der Waals surface area contributed by atoms with Crippen molar-refractivity contribution in [2.75, 3.05) is 6.61 Å². The van der Waals surface area contributed by atoms with Gasteiger partial charge < -0.3 is 9.47 Å². The molecule has 0 N–H and O–H groups in total. The van der Waals surface area contributed by atoms with E-state index in [-0.39, 0.29) is 28.9 Å². The minimum absolute atomic E-state index is 0.00387. The Kier molecular flexibility index (Phi) is 5.97. The molecule has 0 aliphatic carbocycles. The highest BCUT2D eigenvalue weighted by Crippen LogP contribution is 2.29. The number of Topliss-reactive ketones (excluding diaryl/α,β-unsaturated/α-hetero) is 1. The molecular formula is C16H19ClO4. The molecule has 114 valence electrons. The lowest BCUT2D eigenvalue weighted by molar-refractivity contribution is -0.138. The smallest absolute Gasteiger partial charge is 0.341 e. The van der Waals surface area contributed by atoms with Crippen LogP contribution >= 0.6 is 11.6 Å². The number of halogens is 1. The highest BCUT2D eigenvalue weighted by molar-refractivity contribution is 6.37. The van der Waals surface area contributed by atoms with Gasteiger partial charge in [-0.1, -0.05) is 18.2 Å². The Bertz CT molecular complexity index is 576. The molecule has 0 heterocycles. The van der Waals surface area contributed by atoms with Crippen molar-refractivity contribution in [1.82, 2.24) is 0 Å². The van der Waals surface area contributed by atoms with Gasteiger partial charge in [0.05, 0.1) is 17.7 Å². The first-order chi connectivity index (χ1) is 9.77. The predicted molar refractivity (Wildman–Crippen MR) is 82.1 cm³/mol. The quantitative estimate of drug-likeness (QED) is 0.264. The average molecular weight is 311 g/mol. The Morgan fingerprint density at radius 1 is 1.33 bits per heavy atom. The van der Waals surface area contributed by atoms with Crippen molar-refractivity contribution >= 4 is 23.4 Å². The van der Waals surface area contributed by atoms with E-state index in [0.717, 1.165) is 5.56 Å². The Hall–Kier alpha value is -1.81. The SMILES string of the molecule is C=C(C(=O)OCC)C(=O)c1cc(C)c(OC(C)C)cc1Cl. The molecule has 0 unspecified atom stereocenters. The number of rotatable bonds is 6. The van der Waals surface area contributed by atoms with E-state index in [1.807, 2.05) is 13.8 Å². The summed E-state index contributed by atoms with van der Waals surface area (Å²) >= 11 is 6.11. The Morgan fingerprint density at radius 3 is 2.48 bits per heavy atom. The molecule has 0 amide bonds. The summed E-state index contributed by atoms with van der Waals surface area (Å²) < 4.78 is 10.4. The van der Waals surface area contributed by atoms with Crippen molar-refractivity contribution in [1.29, 1.82) is 0 Å². The molecule has 21 heavy (non-hydrogen) atoms. The molecule has 0 radical (unpaired) electrons. The first-order valence-corrected chi connectivity index (χ1v) is 7.03. The number of benzene rings is 1. The predicted octanol–water partition coefficient (Wildman–Crippen LogP) is 3.74. The molecule has 0 atom stereocenters. The molecule has 1 aromatic carbocycles. The van der Waals surface area contributed by atoms with Gasteiger partial charge in [-0.05, 0) is 45.4 Å². The largest absolute Gasteiger partial charge is 0.491 e. The van der Waals surface area contributed by atoms with E-state index in [4.69, 9.17) is 21.1 Å². The van der Waals surface area contributed by atoms with E-state index < -0.39 is 11.8 Å². The zero-order valence-electron chi connectivity index (χ0n) is 12.7. The number of hydrogen-bond donors (Lipinski definition) is 0. The molecule has 0 saturated carbocycles. The third kappa shape index (κ3) is 4.33. The highest BCUT2D eigenvalue weighted by Gasteiger charge is 2.22. The minimum atomic E-state index is -0.737. The van der Waals surface area contributed by atoms with E-state index in [0.29, 0.717) is 5.75 Å². The number of aryl methyl sites for hydroxylation is 1. The van der Waals surface area contributed by atoms with Crippen LogP contribution in [0.25, 0.3) is 0 Å². The van der Waals surface area contributed by atoms with Crippen molar-refractivity contribution < 1.29 is 19.1 Å². The second-order valence-corrected chi connectivity index (χ2v) is 5.20. The summed E-state index contributed by atoms with van der Waals surface area (Å²) in [5, 5.41) is 0.215. The van der Waals surface area contributed by atoms with Crippen LogP contribution in [-0.4, -0.2) is 24.5 Å². The standard InChI is InChI=1S/C16H19ClO4/c1-6-20-16(19)11(5)15(18)12-7-10(4)14(8-13(12)17)21-9(2)3/h7-9H,5-6H2,1-4H3. The lowest BCUT2D eigenvalue weighted by Crippen LogP contribution is -2.16. The molecule has 0 spiro atoms. The molecule has 0 aliphatic rings. The van der Waals surface area contributed by atoms with Crippen LogP contribution in [0.1, 0.15) is 36.7 Å². The summed E-state index contributed by atoms with van der Waals surface area (Å²) in [6.07, 6.45) is -0.00387. The zero-order valence-corrected chi connectivity index (χ0v) is 13.4. The topological polar surface area (TPSA) is 52.6 Å². The fraction of sp³-hybridized carbons (Fsp3) is 0.375. The number of hydrogen-bond acceptors (Lipinski definition) is 4. The van der Waals surface area contributed by atoms with E-state index in [2.05, 4.69) is 6.58 Å². The normalized spacial score (nSPS) is 10.4. The highest BCUT2D eigenvalue weighted by atomic mass is 35.5. The molecule has 4 nitrogen and oxygen atoms in total. The van der Waals surface area contributed by atoms with Gasteiger partial charge in [0.25, 0.3) is 0 Å². The van der Waals surface area contributed by atoms with Crippen molar-refractivity contribution in [2.45, 2.75) is 33.8 Å². The van der Waals surface area contributed by atoms with Gasteiger partial charge in [-0.3, -0.25) is 4.79 Å². The summed E-state index contributed by atoms with van der Waals surface area (Å²) in [6.45, 7) is 10.9. The summed E-state index contributed by atoms with van der Waals surface area (Å²) in [4.78, 5) is 23.8. The Labute approximate surface area is 129 Å². The van der Waals surface area contributed by atoms with Gasteiger partial charge in [0.15, 0.2) is 0 Å². The van der Waals surface area contributed by atoms with E-state index in [9.17, 15) is 9.59 Å². The van der Waals surface area contributed by atoms with E-state index in [1.165, 1.54) is 0 Å². The van der Waals surface area contributed by atoms with E-state index in [1.54, 1.807) is 26.0 Å². The number of carbonyl (C=O) groups excluding carboxylic acids is 2. The van der Waals surface area contributed by atoms with Gasteiger partial charge in [-0.2, -0.15) is 0 Å². The van der Waals surface area contributed by atoms with Crippen LogP contribution < -0.4 is 4.74 Å². The first kappa shape index (κ1) is 17.2. The van der Waals surface area contributed by atoms with Gasteiger partial charge in [0.2, 0.25) is 5.78 Å². The fourth-order valence-electron chi connectivity index (χ4n) is 1.69. The summed E-state index contributed by atoms with van der Waals surface area (Å²) in [5.74, 6) is -0.676. The van der Waals surface area contributed by atoms with Gasteiger partial charge in [0, 0.05) is 5.56 Å². The zero-order chi connectivity index (χ0) is 16.2. The maximum Gasteiger partial charge on any atom is 0.341 e. The lowest BCUT2D eigenvalue weighted by Gasteiger charge is -2.14. The van der Waals surface area contributed by atoms with Crippen molar-refractivity contribution in [3.8, 4) is 5.75 Å². The Balaban J connectivity index is 3.09. The Morgan fingerprint density at radius 2 is 1.95 bits per heavy atom. The summed E-state index contributed by atoms with van der Waals surface area (Å²) in [5.41, 5.74) is 0.729. The molecule has 0 aliphatic heterocycles. The second-order valence-electron chi connectivity index (χ2n) is 4.79. The number of carbonyl (C=O) groups is 2. The lowest BCUT2D eigenvalue weighted by atomic mass is 10.0. The molecular weight excluding hydrogens is 292 g/mol. The minimum Gasteiger partial charge on any atom is -0.491 e. The fourth-order valence-corrected chi connectivity index (χ4v) is 1.93. The maximum atomic E-state index is 12.2. The van der Waals surface area contributed by atoms with Crippen LogP contribution in [0.3, 0.4) is 0 Å². The summed E-state index contributed by atoms with van der Waals surface area (Å²) in [6, 6.07) is 3.16.